The molecule has 172 valence electrons. The van der Waals surface area contributed by atoms with Gasteiger partial charge in [-0.25, -0.2) is 4.39 Å². The molecule has 4 rings (SSSR count). The van der Waals surface area contributed by atoms with Crippen molar-refractivity contribution < 1.29 is 13.9 Å². The molecule has 0 bridgehead atoms. The van der Waals surface area contributed by atoms with Gasteiger partial charge in [-0.3, -0.25) is 9.69 Å². The first-order valence-electron chi connectivity index (χ1n) is 10.9. The number of thioether (sulfide) groups is 1. The van der Waals surface area contributed by atoms with Crippen molar-refractivity contribution in [2.45, 2.75) is 50.9 Å². The highest BCUT2D eigenvalue weighted by Crippen LogP contribution is 2.44. The lowest BCUT2D eigenvalue weighted by Crippen LogP contribution is -2.37. The molecule has 0 unspecified atom stereocenters. The number of ether oxygens (including phenoxy) is 1. The van der Waals surface area contributed by atoms with Crippen LogP contribution in [0.1, 0.15) is 51.3 Å². The molecular weight excluding hydrogens is 463 g/mol. The van der Waals surface area contributed by atoms with Gasteiger partial charge in [-0.2, -0.15) is 4.98 Å². The Morgan fingerprint density at radius 2 is 1.94 bits per heavy atom. The lowest BCUT2D eigenvalue weighted by molar-refractivity contribution is -0.120. The van der Waals surface area contributed by atoms with Crippen molar-refractivity contribution in [1.29, 1.82) is 0 Å². The molecule has 3 aromatic rings. The van der Waals surface area contributed by atoms with Crippen molar-refractivity contribution in [2.75, 3.05) is 10.7 Å². The quantitative estimate of drug-likeness (QED) is 0.282. The number of carbonyl (C=O) groups excluding carboxylic acids is 1. The van der Waals surface area contributed by atoms with Crippen molar-refractivity contribution in [2.24, 2.45) is 0 Å². The molecule has 0 spiro atoms. The summed E-state index contributed by atoms with van der Waals surface area (Å²) < 4.78 is 20.0. The van der Waals surface area contributed by atoms with Gasteiger partial charge in [0, 0.05) is 28.3 Å². The molecule has 0 radical (unpaired) electrons. The minimum Gasteiger partial charge on any atom is -0.447 e. The van der Waals surface area contributed by atoms with E-state index in [-0.39, 0.29) is 17.6 Å². The topological polar surface area (TPSA) is 68.2 Å². The number of benzene rings is 2. The summed E-state index contributed by atoms with van der Waals surface area (Å²) in [7, 11) is 0. The lowest BCUT2D eigenvalue weighted by atomic mass is 10.1. The van der Waals surface area contributed by atoms with Crippen LogP contribution in [0.3, 0.4) is 0 Å². The number of halogens is 2. The Morgan fingerprint density at radius 3 is 2.67 bits per heavy atom. The Morgan fingerprint density at radius 1 is 1.15 bits per heavy atom. The van der Waals surface area contributed by atoms with E-state index in [2.05, 4.69) is 22.1 Å². The highest BCUT2D eigenvalue weighted by molar-refractivity contribution is 7.99. The third-order valence-electron chi connectivity index (χ3n) is 5.18. The van der Waals surface area contributed by atoms with Gasteiger partial charge >= 0.3 is 0 Å². The number of nitrogens with zero attached hydrogens (tertiary/aromatic N) is 4. The van der Waals surface area contributed by atoms with Crippen LogP contribution in [0.4, 0.5) is 10.1 Å². The number of hydrogen-bond acceptors (Lipinski definition) is 6. The third-order valence-corrected chi connectivity index (χ3v) is 6.34. The smallest absolute Gasteiger partial charge is 0.247 e. The summed E-state index contributed by atoms with van der Waals surface area (Å²) in [6, 6.07) is 11.1. The van der Waals surface area contributed by atoms with Gasteiger partial charge in [0.15, 0.2) is 5.69 Å². The van der Waals surface area contributed by atoms with E-state index < -0.39 is 6.23 Å². The molecule has 0 N–H and O–H groups in total. The Bertz CT molecular complexity index is 1150. The van der Waals surface area contributed by atoms with Crippen LogP contribution >= 0.6 is 23.4 Å². The van der Waals surface area contributed by atoms with E-state index in [0.717, 1.165) is 18.6 Å². The van der Waals surface area contributed by atoms with Gasteiger partial charge in [0.2, 0.25) is 23.2 Å². The van der Waals surface area contributed by atoms with Gasteiger partial charge in [0.1, 0.15) is 5.82 Å². The van der Waals surface area contributed by atoms with Gasteiger partial charge in [-0.1, -0.05) is 55.8 Å². The minimum absolute atomic E-state index is 0.131. The fourth-order valence-corrected chi connectivity index (χ4v) is 4.59. The van der Waals surface area contributed by atoms with Crippen molar-refractivity contribution >= 4 is 35.0 Å². The molecular formula is C24H24ClFN4O2S. The van der Waals surface area contributed by atoms with E-state index in [4.69, 9.17) is 16.3 Å². The van der Waals surface area contributed by atoms with E-state index in [0.29, 0.717) is 45.5 Å². The molecule has 0 fully saturated rings. The van der Waals surface area contributed by atoms with Crippen LogP contribution in [0.5, 0.6) is 5.88 Å². The number of hydrogen-bond donors (Lipinski definition) is 0. The maximum Gasteiger partial charge on any atom is 0.247 e. The first kappa shape index (κ1) is 23.4. The number of rotatable bonds is 7. The van der Waals surface area contributed by atoms with Gasteiger partial charge < -0.3 is 4.74 Å². The van der Waals surface area contributed by atoms with E-state index in [1.165, 1.54) is 23.9 Å². The zero-order valence-corrected chi connectivity index (χ0v) is 20.0. The fraction of sp³-hybridized carbons (Fsp3) is 0.333. The average molecular weight is 487 g/mol. The molecule has 1 aliphatic rings. The molecule has 1 aliphatic heterocycles. The highest BCUT2D eigenvalue weighted by atomic mass is 35.5. The molecule has 1 amide bonds. The summed E-state index contributed by atoms with van der Waals surface area (Å²) in [6.45, 7) is 4.06. The first-order chi connectivity index (χ1) is 16.0. The molecule has 9 heteroatoms. The summed E-state index contributed by atoms with van der Waals surface area (Å²) in [4.78, 5) is 19.5. The van der Waals surface area contributed by atoms with E-state index in [1.807, 2.05) is 6.92 Å². The largest absolute Gasteiger partial charge is 0.447 e. The van der Waals surface area contributed by atoms with Crippen LogP contribution in [-0.2, 0) is 4.79 Å². The predicted octanol–water partition coefficient (Wildman–Crippen LogP) is 6.45. The Balaban J connectivity index is 1.88. The predicted molar refractivity (Wildman–Crippen MR) is 128 cm³/mol. The van der Waals surface area contributed by atoms with E-state index in [1.54, 1.807) is 35.2 Å². The molecule has 1 aromatic heterocycles. The number of amides is 1. The monoisotopic (exact) mass is 486 g/mol. The van der Waals surface area contributed by atoms with Gasteiger partial charge in [0.25, 0.3) is 0 Å². The second-order valence-electron chi connectivity index (χ2n) is 7.65. The van der Waals surface area contributed by atoms with Gasteiger partial charge in [-0.05, 0) is 43.2 Å². The number of unbranched alkanes of at least 4 members (excludes halogenated alkanes) is 1. The second kappa shape index (κ2) is 10.5. The molecule has 1 atom stereocenters. The van der Waals surface area contributed by atoms with Crippen molar-refractivity contribution in [3.8, 4) is 17.1 Å². The summed E-state index contributed by atoms with van der Waals surface area (Å²) >= 11 is 7.82. The van der Waals surface area contributed by atoms with Crippen LogP contribution in [-0.4, -0.2) is 26.8 Å². The molecule has 2 heterocycles. The third kappa shape index (κ3) is 5.12. The summed E-state index contributed by atoms with van der Waals surface area (Å²) in [6.07, 6.45) is 2.22. The lowest BCUT2D eigenvalue weighted by Gasteiger charge is -2.31. The van der Waals surface area contributed by atoms with Gasteiger partial charge in [0.05, 0.1) is 5.69 Å². The maximum atomic E-state index is 13.7. The van der Waals surface area contributed by atoms with Crippen molar-refractivity contribution in [3.63, 3.8) is 0 Å². The number of fused-ring (bicyclic) bond motifs is 3. The van der Waals surface area contributed by atoms with E-state index >= 15 is 0 Å². The van der Waals surface area contributed by atoms with Crippen molar-refractivity contribution in [3.05, 3.63) is 58.9 Å². The maximum absolute atomic E-state index is 13.7. The number of anilines is 1. The molecule has 0 aliphatic carbocycles. The SMILES string of the molecule is CCCCSc1nnc2c(n1)O[C@@H](c1ccc(F)cc1)N(C(=O)CCC)c1ccc(Cl)cc1-2. The summed E-state index contributed by atoms with van der Waals surface area (Å²) in [5, 5.41) is 9.67. The van der Waals surface area contributed by atoms with Crippen LogP contribution < -0.4 is 9.64 Å². The standard InChI is InChI=1S/C24H24ClFN4O2S/c1-3-5-13-33-24-27-22-21(28-29-24)18-14-16(25)9-12-19(18)30(20(31)6-4-2)23(32-22)15-7-10-17(26)11-8-15/h7-12,14,23H,3-6,13H2,1-2H3/t23-/m0/s1. The van der Waals surface area contributed by atoms with Crippen LogP contribution in [0.25, 0.3) is 11.3 Å². The minimum atomic E-state index is -0.851. The zero-order chi connectivity index (χ0) is 23.4. The highest BCUT2D eigenvalue weighted by Gasteiger charge is 2.35. The Labute approximate surface area is 201 Å². The molecule has 0 saturated carbocycles. The first-order valence-corrected chi connectivity index (χ1v) is 12.3. The fourth-order valence-electron chi connectivity index (χ4n) is 3.55. The van der Waals surface area contributed by atoms with Crippen LogP contribution in [0, 0.1) is 5.82 Å². The zero-order valence-electron chi connectivity index (χ0n) is 18.4. The van der Waals surface area contributed by atoms with Crippen molar-refractivity contribution in [1.82, 2.24) is 15.2 Å². The average Bonchev–Trinajstić information content (AvgIpc) is 2.94. The van der Waals surface area contributed by atoms with Gasteiger partial charge in [-0.15, -0.1) is 10.2 Å². The Kier molecular flexibility index (Phi) is 7.45. The molecule has 33 heavy (non-hydrogen) atoms. The van der Waals surface area contributed by atoms with Crippen LogP contribution in [0.2, 0.25) is 5.02 Å². The normalized spacial score (nSPS) is 14.8. The molecule has 0 saturated heterocycles. The number of carbonyl (C=O) groups is 1. The second-order valence-corrected chi connectivity index (χ2v) is 9.15. The van der Waals surface area contributed by atoms with Crippen LogP contribution in [0.15, 0.2) is 47.6 Å². The Hall–Kier alpha value is -2.71. The summed E-state index contributed by atoms with van der Waals surface area (Å²) in [5.41, 5.74) is 2.23. The van der Waals surface area contributed by atoms with E-state index in [9.17, 15) is 9.18 Å². The molecule has 2 aromatic carbocycles. The summed E-state index contributed by atoms with van der Waals surface area (Å²) in [5.74, 6) is 0.620. The number of aromatic nitrogens is 3. The molecule has 6 nitrogen and oxygen atoms in total.